The maximum absolute atomic E-state index is 13.0. The minimum Gasteiger partial charge on any atom is -0.454 e. The number of hydrogen-bond acceptors (Lipinski definition) is 5. The van der Waals surface area contributed by atoms with Crippen LogP contribution in [0.4, 0.5) is 5.82 Å². The fourth-order valence-electron chi connectivity index (χ4n) is 3.34. The predicted octanol–water partition coefficient (Wildman–Crippen LogP) is 2.83. The van der Waals surface area contributed by atoms with Crippen molar-refractivity contribution in [1.82, 2.24) is 9.88 Å². The van der Waals surface area contributed by atoms with Gasteiger partial charge in [-0.25, -0.2) is 4.98 Å². The van der Waals surface area contributed by atoms with Crippen molar-refractivity contribution in [2.24, 2.45) is 0 Å². The van der Waals surface area contributed by atoms with E-state index in [9.17, 15) is 4.79 Å². The predicted molar refractivity (Wildman–Crippen MR) is 89.4 cm³/mol. The molecule has 2 aliphatic rings. The van der Waals surface area contributed by atoms with Crippen LogP contribution in [0.1, 0.15) is 34.8 Å². The van der Waals surface area contributed by atoms with Crippen LogP contribution in [0.2, 0.25) is 0 Å². The van der Waals surface area contributed by atoms with Crippen LogP contribution in [0, 0.1) is 0 Å². The van der Waals surface area contributed by atoms with E-state index < -0.39 is 0 Å². The van der Waals surface area contributed by atoms with E-state index in [0.29, 0.717) is 17.1 Å². The highest BCUT2D eigenvalue weighted by molar-refractivity contribution is 5.95. The molecule has 24 heavy (non-hydrogen) atoms. The number of amides is 1. The number of pyridine rings is 1. The highest BCUT2D eigenvalue weighted by Gasteiger charge is 2.31. The van der Waals surface area contributed by atoms with Crippen molar-refractivity contribution in [3.05, 3.63) is 47.7 Å². The average Bonchev–Trinajstić information content (AvgIpc) is 3.29. The molecule has 0 unspecified atom stereocenters. The van der Waals surface area contributed by atoms with E-state index in [-0.39, 0.29) is 18.7 Å². The van der Waals surface area contributed by atoms with E-state index in [1.165, 1.54) is 0 Å². The largest absolute Gasteiger partial charge is 0.454 e. The molecule has 2 aromatic rings. The molecular weight excluding hydrogens is 306 g/mol. The Labute approximate surface area is 140 Å². The topological polar surface area (TPSA) is 63.7 Å². The number of aromatic nitrogens is 1. The number of carbonyl (C=O) groups is 1. The number of rotatable bonds is 3. The first-order valence-corrected chi connectivity index (χ1v) is 8.10. The van der Waals surface area contributed by atoms with Crippen molar-refractivity contribution in [2.45, 2.75) is 18.9 Å². The van der Waals surface area contributed by atoms with Crippen molar-refractivity contribution in [3.8, 4) is 11.5 Å². The molecule has 3 heterocycles. The molecule has 1 atom stereocenters. The molecular formula is C18H19N3O3. The normalized spacial score (nSPS) is 18.7. The number of nitrogens with zero attached hydrogens (tertiary/aromatic N) is 2. The molecule has 0 aliphatic carbocycles. The molecule has 6 nitrogen and oxygen atoms in total. The van der Waals surface area contributed by atoms with Gasteiger partial charge in [0.15, 0.2) is 11.5 Å². The third-order valence-corrected chi connectivity index (χ3v) is 4.56. The second-order valence-electron chi connectivity index (χ2n) is 5.95. The lowest BCUT2D eigenvalue weighted by atomic mass is 10.0. The summed E-state index contributed by atoms with van der Waals surface area (Å²) in [5.74, 6) is 2.17. The minimum absolute atomic E-state index is 0.0265. The molecule has 0 bridgehead atoms. The third-order valence-electron chi connectivity index (χ3n) is 4.56. The van der Waals surface area contributed by atoms with Crippen LogP contribution in [0.15, 0.2) is 36.5 Å². The molecule has 1 saturated heterocycles. The van der Waals surface area contributed by atoms with E-state index in [2.05, 4.69) is 10.3 Å². The molecule has 6 heteroatoms. The molecule has 1 aromatic heterocycles. The van der Waals surface area contributed by atoms with Gasteiger partial charge in [0.25, 0.3) is 5.91 Å². The number of fused-ring (bicyclic) bond motifs is 1. The molecule has 1 N–H and O–H groups in total. The first kappa shape index (κ1) is 14.8. The molecule has 0 spiro atoms. The zero-order valence-electron chi connectivity index (χ0n) is 13.5. The summed E-state index contributed by atoms with van der Waals surface area (Å²) < 4.78 is 10.7. The number of hydrogen-bond donors (Lipinski definition) is 1. The monoisotopic (exact) mass is 325 g/mol. The molecule has 2 aliphatic heterocycles. The number of anilines is 1. The summed E-state index contributed by atoms with van der Waals surface area (Å²) >= 11 is 0. The fraction of sp³-hybridized carbons (Fsp3) is 0.333. The van der Waals surface area contributed by atoms with Gasteiger partial charge in [-0.15, -0.1) is 0 Å². The van der Waals surface area contributed by atoms with Crippen LogP contribution >= 0.6 is 0 Å². The molecule has 0 radical (unpaired) electrons. The van der Waals surface area contributed by atoms with E-state index in [1.54, 1.807) is 24.4 Å². The van der Waals surface area contributed by atoms with Gasteiger partial charge in [0.1, 0.15) is 5.82 Å². The highest BCUT2D eigenvalue weighted by Crippen LogP contribution is 2.36. The SMILES string of the molecule is CNc1cc([C@H]2CCCN2C(=O)c2ccc3c(c2)OCO3)ccn1. The van der Waals surface area contributed by atoms with Crippen molar-refractivity contribution < 1.29 is 14.3 Å². The van der Waals surface area contributed by atoms with Crippen LogP contribution in [-0.4, -0.2) is 36.2 Å². The van der Waals surface area contributed by atoms with Crippen molar-refractivity contribution >= 4 is 11.7 Å². The number of likely N-dealkylation sites (tertiary alicyclic amines) is 1. The Morgan fingerprint density at radius 3 is 3.00 bits per heavy atom. The van der Waals surface area contributed by atoms with Gasteiger partial charge in [0.2, 0.25) is 6.79 Å². The second-order valence-corrected chi connectivity index (χ2v) is 5.95. The van der Waals surface area contributed by atoms with Gasteiger partial charge < -0.3 is 19.7 Å². The molecule has 0 saturated carbocycles. The van der Waals surface area contributed by atoms with Gasteiger partial charge in [-0.1, -0.05) is 0 Å². The summed E-state index contributed by atoms with van der Waals surface area (Å²) in [5.41, 5.74) is 1.75. The third kappa shape index (κ3) is 2.54. The molecule has 1 amide bonds. The smallest absolute Gasteiger partial charge is 0.254 e. The summed E-state index contributed by atoms with van der Waals surface area (Å²) in [6, 6.07) is 9.44. The van der Waals surface area contributed by atoms with Gasteiger partial charge in [0, 0.05) is 25.4 Å². The second kappa shape index (κ2) is 6.03. The molecule has 124 valence electrons. The van der Waals surface area contributed by atoms with E-state index >= 15 is 0 Å². The van der Waals surface area contributed by atoms with E-state index in [1.807, 2.05) is 24.1 Å². The van der Waals surface area contributed by atoms with Crippen LogP contribution in [0.25, 0.3) is 0 Å². The Balaban J connectivity index is 1.61. The number of nitrogens with one attached hydrogen (secondary N) is 1. The quantitative estimate of drug-likeness (QED) is 0.940. The Morgan fingerprint density at radius 1 is 1.25 bits per heavy atom. The zero-order valence-corrected chi connectivity index (χ0v) is 13.5. The van der Waals surface area contributed by atoms with Gasteiger partial charge in [-0.2, -0.15) is 0 Å². The first-order chi connectivity index (χ1) is 11.8. The van der Waals surface area contributed by atoms with Crippen LogP contribution < -0.4 is 14.8 Å². The zero-order chi connectivity index (χ0) is 16.5. The lowest BCUT2D eigenvalue weighted by Crippen LogP contribution is -2.30. The minimum atomic E-state index is 0.0265. The molecule has 4 rings (SSSR count). The van der Waals surface area contributed by atoms with Crippen LogP contribution in [-0.2, 0) is 0 Å². The van der Waals surface area contributed by atoms with Crippen LogP contribution in [0.5, 0.6) is 11.5 Å². The van der Waals surface area contributed by atoms with Crippen LogP contribution in [0.3, 0.4) is 0 Å². The number of carbonyl (C=O) groups excluding carboxylic acids is 1. The average molecular weight is 325 g/mol. The highest BCUT2D eigenvalue weighted by atomic mass is 16.7. The first-order valence-electron chi connectivity index (χ1n) is 8.10. The molecule has 1 fully saturated rings. The standard InChI is InChI=1S/C18H19N3O3/c1-19-17-10-12(6-7-20-17)14-3-2-8-21(14)18(22)13-4-5-15-16(9-13)24-11-23-15/h4-7,9-10,14H,2-3,8,11H2,1H3,(H,19,20)/t14-/m1/s1. The van der Waals surface area contributed by atoms with Gasteiger partial charge >= 0.3 is 0 Å². The van der Waals surface area contributed by atoms with E-state index in [4.69, 9.17) is 9.47 Å². The van der Waals surface area contributed by atoms with Crippen molar-refractivity contribution in [3.63, 3.8) is 0 Å². The van der Waals surface area contributed by atoms with Gasteiger partial charge in [-0.05, 0) is 48.7 Å². The maximum atomic E-state index is 13.0. The summed E-state index contributed by atoms with van der Waals surface area (Å²) in [4.78, 5) is 19.2. The summed E-state index contributed by atoms with van der Waals surface area (Å²) in [6.45, 7) is 0.971. The van der Waals surface area contributed by atoms with Gasteiger partial charge in [0.05, 0.1) is 6.04 Å². The summed E-state index contributed by atoms with van der Waals surface area (Å²) in [5, 5.41) is 3.05. The Bertz CT molecular complexity index is 778. The molecule has 1 aromatic carbocycles. The maximum Gasteiger partial charge on any atom is 0.254 e. The Kier molecular flexibility index (Phi) is 3.72. The van der Waals surface area contributed by atoms with Gasteiger partial charge in [-0.3, -0.25) is 4.79 Å². The number of ether oxygens (including phenoxy) is 2. The Morgan fingerprint density at radius 2 is 2.12 bits per heavy atom. The van der Waals surface area contributed by atoms with Crippen molar-refractivity contribution in [1.29, 1.82) is 0 Å². The summed E-state index contributed by atoms with van der Waals surface area (Å²) in [7, 11) is 1.84. The number of benzene rings is 1. The lowest BCUT2D eigenvalue weighted by molar-refractivity contribution is 0.0735. The summed E-state index contributed by atoms with van der Waals surface area (Å²) in [6.07, 6.45) is 3.74. The van der Waals surface area contributed by atoms with Crippen molar-refractivity contribution in [2.75, 3.05) is 25.7 Å². The fourth-order valence-corrected chi connectivity index (χ4v) is 3.34. The van der Waals surface area contributed by atoms with E-state index in [0.717, 1.165) is 30.8 Å². The lowest BCUT2D eigenvalue weighted by Gasteiger charge is -2.25. The Hall–Kier alpha value is -2.76.